The summed E-state index contributed by atoms with van der Waals surface area (Å²) >= 11 is 0. The van der Waals surface area contributed by atoms with Gasteiger partial charge < -0.3 is 11.1 Å². The average molecular weight is 174 g/mol. The van der Waals surface area contributed by atoms with Crippen LogP contribution in [0.1, 0.15) is 6.92 Å². The Labute approximate surface area is 73.3 Å². The lowest BCUT2D eigenvalue weighted by Crippen LogP contribution is -2.36. The van der Waals surface area contributed by atoms with Gasteiger partial charge in [-0.1, -0.05) is 0 Å². The van der Waals surface area contributed by atoms with Gasteiger partial charge in [0, 0.05) is 20.1 Å². The van der Waals surface area contributed by atoms with Gasteiger partial charge in [-0.3, -0.25) is 10.2 Å². The van der Waals surface area contributed by atoms with E-state index in [9.17, 15) is 0 Å². The molecule has 0 spiro atoms. The molecule has 0 heterocycles. The number of amidine groups is 1. The maximum absolute atomic E-state index is 7.08. The van der Waals surface area contributed by atoms with Crippen LogP contribution in [0.15, 0.2) is 0 Å². The van der Waals surface area contributed by atoms with E-state index in [-0.39, 0.29) is 11.9 Å². The van der Waals surface area contributed by atoms with E-state index in [1.165, 1.54) is 0 Å². The lowest BCUT2D eigenvalue weighted by Gasteiger charge is -2.20. The summed E-state index contributed by atoms with van der Waals surface area (Å²) in [5.74, 6) is 0.0475. The molecule has 0 saturated heterocycles. The highest BCUT2D eigenvalue weighted by molar-refractivity contribution is 5.81. The molecule has 12 heavy (non-hydrogen) atoms. The van der Waals surface area contributed by atoms with Crippen molar-refractivity contribution >= 4 is 5.84 Å². The van der Waals surface area contributed by atoms with Crippen molar-refractivity contribution in [2.75, 3.05) is 27.2 Å². The van der Waals surface area contributed by atoms with Gasteiger partial charge in [-0.25, -0.2) is 0 Å². The molecule has 0 aliphatic heterocycles. The largest absolute Gasteiger partial charge is 0.385 e. The molecule has 1 atom stereocenters. The monoisotopic (exact) mass is 174 g/mol. The predicted octanol–water partition coefficient (Wildman–Crippen LogP) is -0.606. The molecule has 72 valence electrons. The van der Waals surface area contributed by atoms with Crippen LogP contribution < -0.4 is 11.1 Å². The van der Waals surface area contributed by atoms with Gasteiger partial charge in [-0.2, -0.15) is 5.06 Å². The van der Waals surface area contributed by atoms with Gasteiger partial charge in [0.15, 0.2) is 0 Å². The van der Waals surface area contributed by atoms with Crippen molar-refractivity contribution in [2.45, 2.75) is 13.0 Å². The molecule has 4 N–H and O–H groups in total. The van der Waals surface area contributed by atoms with Gasteiger partial charge in [-0.05, 0) is 14.0 Å². The van der Waals surface area contributed by atoms with E-state index in [2.05, 4.69) is 5.32 Å². The summed E-state index contributed by atoms with van der Waals surface area (Å²) in [6, 6.07) is 0. The second kappa shape index (κ2) is 5.93. The number of likely N-dealkylation sites (N-methyl/N-ethyl adjacent to an activating group) is 2. The third kappa shape index (κ3) is 5.06. The summed E-state index contributed by atoms with van der Waals surface area (Å²) in [7, 11) is 3.69. The predicted molar refractivity (Wildman–Crippen MR) is 49.0 cm³/mol. The molecule has 0 aromatic rings. The van der Waals surface area contributed by atoms with Crippen LogP contribution in [0.3, 0.4) is 0 Å². The van der Waals surface area contributed by atoms with Gasteiger partial charge in [0.1, 0.15) is 11.9 Å². The van der Waals surface area contributed by atoms with Gasteiger partial charge in [-0.15, -0.1) is 0 Å². The first kappa shape index (κ1) is 11.4. The van der Waals surface area contributed by atoms with E-state index in [1.54, 1.807) is 12.0 Å². The fourth-order valence-corrected chi connectivity index (χ4v) is 0.649. The third-order valence-electron chi connectivity index (χ3n) is 1.45. The van der Waals surface area contributed by atoms with Crippen molar-refractivity contribution in [3.8, 4) is 0 Å². The van der Waals surface area contributed by atoms with Crippen LogP contribution in [0.2, 0.25) is 0 Å². The Kier molecular flexibility index (Phi) is 5.61. The van der Waals surface area contributed by atoms with Gasteiger partial charge in [0.2, 0.25) is 0 Å². The molecule has 0 aliphatic carbocycles. The van der Waals surface area contributed by atoms with E-state index >= 15 is 0 Å². The minimum Gasteiger partial charge on any atom is -0.385 e. The van der Waals surface area contributed by atoms with Crippen molar-refractivity contribution in [2.24, 2.45) is 5.73 Å². The molecule has 0 bridgehead atoms. The van der Waals surface area contributed by atoms with E-state index in [0.717, 1.165) is 13.1 Å². The minimum absolute atomic E-state index is 0.0475. The standard InChI is InChI=1S/C7H18N4O/c1-6(7(8)9)12-11(3)5-4-10-2/h6,10H,4-5H2,1-3H3,(H3,8,9). The smallest absolute Gasteiger partial charge is 0.133 e. The fraction of sp³-hybridized carbons (Fsp3) is 0.857. The molecule has 0 aromatic heterocycles. The number of hydroxylamine groups is 2. The summed E-state index contributed by atoms with van der Waals surface area (Å²) in [6.45, 7) is 3.37. The van der Waals surface area contributed by atoms with Crippen LogP contribution in [0.25, 0.3) is 0 Å². The second-order valence-corrected chi connectivity index (χ2v) is 2.66. The van der Waals surface area contributed by atoms with Crippen molar-refractivity contribution in [3.05, 3.63) is 0 Å². The molecular formula is C7H18N4O. The molecule has 1 unspecified atom stereocenters. The Morgan fingerprint density at radius 1 is 1.75 bits per heavy atom. The van der Waals surface area contributed by atoms with Crippen molar-refractivity contribution in [1.29, 1.82) is 5.41 Å². The van der Waals surface area contributed by atoms with E-state index < -0.39 is 0 Å². The third-order valence-corrected chi connectivity index (χ3v) is 1.45. The Hall–Kier alpha value is -0.650. The number of nitrogens with zero attached hydrogens (tertiary/aromatic N) is 1. The van der Waals surface area contributed by atoms with Crippen LogP contribution in [-0.4, -0.2) is 44.2 Å². The number of hydrogen-bond donors (Lipinski definition) is 3. The summed E-state index contributed by atoms with van der Waals surface area (Å²) in [6.07, 6.45) is -0.341. The van der Waals surface area contributed by atoms with Gasteiger partial charge in [0.05, 0.1) is 0 Å². The number of hydrogen-bond acceptors (Lipinski definition) is 4. The molecule has 0 aromatic carbocycles. The first-order valence-corrected chi connectivity index (χ1v) is 3.94. The molecular weight excluding hydrogens is 156 g/mol. The molecule has 0 fully saturated rings. The summed E-state index contributed by atoms with van der Waals surface area (Å²) in [5, 5.41) is 11.7. The topological polar surface area (TPSA) is 74.4 Å². The van der Waals surface area contributed by atoms with Crippen molar-refractivity contribution < 1.29 is 4.84 Å². The highest BCUT2D eigenvalue weighted by Gasteiger charge is 2.08. The van der Waals surface area contributed by atoms with Gasteiger partial charge in [0.25, 0.3) is 0 Å². The SMILES string of the molecule is CNCCN(C)OC(C)C(=N)N. The highest BCUT2D eigenvalue weighted by Crippen LogP contribution is 1.92. The van der Waals surface area contributed by atoms with E-state index in [0.29, 0.717) is 0 Å². The minimum atomic E-state index is -0.341. The first-order chi connectivity index (χ1) is 5.57. The normalized spacial score (nSPS) is 13.3. The van der Waals surface area contributed by atoms with Crippen LogP contribution in [0.5, 0.6) is 0 Å². The van der Waals surface area contributed by atoms with Gasteiger partial charge >= 0.3 is 0 Å². The molecule has 0 saturated carbocycles. The number of nitrogens with two attached hydrogens (primary N) is 1. The quantitative estimate of drug-likeness (QED) is 0.285. The maximum Gasteiger partial charge on any atom is 0.133 e. The van der Waals surface area contributed by atoms with Crippen molar-refractivity contribution in [3.63, 3.8) is 0 Å². The molecule has 0 amide bonds. The first-order valence-electron chi connectivity index (χ1n) is 3.94. The summed E-state index contributed by atoms with van der Waals surface area (Å²) in [4.78, 5) is 5.26. The Morgan fingerprint density at radius 3 is 2.75 bits per heavy atom. The zero-order valence-electron chi connectivity index (χ0n) is 7.92. The van der Waals surface area contributed by atoms with Crippen LogP contribution in [0.4, 0.5) is 0 Å². The van der Waals surface area contributed by atoms with Crippen LogP contribution >= 0.6 is 0 Å². The van der Waals surface area contributed by atoms with Crippen LogP contribution in [0, 0.1) is 5.41 Å². The lowest BCUT2D eigenvalue weighted by molar-refractivity contribution is -0.153. The average Bonchev–Trinajstić information content (AvgIpc) is 2.00. The Bertz CT molecular complexity index is 139. The van der Waals surface area contributed by atoms with E-state index in [1.807, 2.05) is 14.1 Å². The number of nitrogens with one attached hydrogen (secondary N) is 2. The molecule has 0 radical (unpaired) electrons. The number of rotatable bonds is 6. The maximum atomic E-state index is 7.08. The molecule has 0 rings (SSSR count). The zero-order valence-corrected chi connectivity index (χ0v) is 7.92. The molecule has 0 aliphatic rings. The van der Waals surface area contributed by atoms with E-state index in [4.69, 9.17) is 16.0 Å². The fourth-order valence-electron chi connectivity index (χ4n) is 0.649. The highest BCUT2D eigenvalue weighted by atomic mass is 16.7. The zero-order chi connectivity index (χ0) is 9.56. The Morgan fingerprint density at radius 2 is 2.33 bits per heavy atom. The van der Waals surface area contributed by atoms with Crippen LogP contribution in [-0.2, 0) is 4.84 Å². The molecule has 5 heteroatoms. The second-order valence-electron chi connectivity index (χ2n) is 2.66. The summed E-state index contributed by atoms with van der Waals surface area (Å²) < 4.78 is 0. The summed E-state index contributed by atoms with van der Waals surface area (Å²) in [5.41, 5.74) is 5.23. The Balaban J connectivity index is 3.53. The lowest BCUT2D eigenvalue weighted by atomic mass is 10.4. The van der Waals surface area contributed by atoms with Crippen molar-refractivity contribution in [1.82, 2.24) is 10.4 Å². The molecule has 5 nitrogen and oxygen atoms in total.